The van der Waals surface area contributed by atoms with Gasteiger partial charge in [0.2, 0.25) is 15.9 Å². The summed E-state index contributed by atoms with van der Waals surface area (Å²) in [6.45, 7) is 5.30. The Balaban J connectivity index is 1.33. The van der Waals surface area contributed by atoms with E-state index in [2.05, 4.69) is 10.3 Å². The number of ketones is 1. The predicted molar refractivity (Wildman–Crippen MR) is 175 cm³/mol. The van der Waals surface area contributed by atoms with E-state index in [0.717, 1.165) is 36.9 Å². The average Bonchev–Trinajstić information content (AvgIpc) is 3.26. The van der Waals surface area contributed by atoms with Gasteiger partial charge in [0.1, 0.15) is 17.9 Å². The number of carboxylic acid groups (broad SMARTS) is 1. The fourth-order valence-electron chi connectivity index (χ4n) is 5.70. The highest BCUT2D eigenvalue weighted by Gasteiger charge is 2.55. The second kappa shape index (κ2) is 15.2. The van der Waals surface area contributed by atoms with E-state index in [1.807, 2.05) is 30.3 Å². The fourth-order valence-corrected chi connectivity index (χ4v) is 9.46. The second-order valence-corrected chi connectivity index (χ2v) is 15.7. The quantitative estimate of drug-likeness (QED) is 0.219. The summed E-state index contributed by atoms with van der Waals surface area (Å²) in [5.41, 5.74) is 2.58. The van der Waals surface area contributed by atoms with Crippen LogP contribution in [0.2, 0.25) is 0 Å². The summed E-state index contributed by atoms with van der Waals surface area (Å²) in [5.74, 6) is -1.73. The number of nitrogens with one attached hydrogen (secondary N) is 1. The number of Topliss-reactive ketones (excluding diaryl/α,β-unsaturated/α-hetero) is 1. The maximum atomic E-state index is 13.6. The van der Waals surface area contributed by atoms with Crippen LogP contribution in [0.4, 0.5) is 0 Å². The number of aliphatic carboxylic acids is 1. The van der Waals surface area contributed by atoms with Crippen molar-refractivity contribution in [1.29, 1.82) is 0 Å². The van der Waals surface area contributed by atoms with E-state index in [-0.39, 0.29) is 17.1 Å². The van der Waals surface area contributed by atoms with Gasteiger partial charge in [-0.2, -0.15) is 4.31 Å². The highest BCUT2D eigenvalue weighted by molar-refractivity contribution is 8.02. The van der Waals surface area contributed by atoms with Crippen LogP contribution in [0.5, 0.6) is 0 Å². The first-order valence-corrected chi connectivity index (χ1v) is 17.5. The molecule has 0 saturated carbocycles. The van der Waals surface area contributed by atoms with Crippen LogP contribution in [0.1, 0.15) is 63.3 Å². The number of rotatable bonds is 15. The van der Waals surface area contributed by atoms with E-state index in [4.69, 9.17) is 0 Å². The molecule has 0 aliphatic carbocycles. The molecule has 2 heterocycles. The van der Waals surface area contributed by atoms with Gasteiger partial charge in [-0.1, -0.05) is 55.0 Å². The highest BCUT2D eigenvalue weighted by atomic mass is 32.2. The number of carbonyl (C=O) groups is 3. The molecule has 1 amide bonds. The summed E-state index contributed by atoms with van der Waals surface area (Å²) in [7, 11) is -4.03. The maximum absolute atomic E-state index is 13.6. The Morgan fingerprint density at radius 2 is 1.62 bits per heavy atom. The topological polar surface area (TPSA) is 134 Å². The van der Waals surface area contributed by atoms with Crippen LogP contribution in [-0.2, 0) is 43.7 Å². The number of carboxylic acids is 1. The molecule has 0 spiro atoms. The van der Waals surface area contributed by atoms with E-state index in [1.165, 1.54) is 28.2 Å². The standard InChI is InChI=1S/C34H41N3O6S2/c1-24-37(45(42,43)29-15-8-5-9-16-29)31(34(2,3)44-24)32(39)36-30(33(40)41)23-26-19-17-25(18-20-26)22-28(38)14-7-4-6-12-27-13-10-11-21-35-27/h5,8-11,13,15-21,24,30-31H,4,6-7,12,14,22-23H2,1-3H3,(H,36,39)(H,40,41)/t24?,30?,31-/m1/s1. The van der Waals surface area contributed by atoms with Crippen molar-refractivity contribution in [2.75, 3.05) is 0 Å². The first-order valence-electron chi connectivity index (χ1n) is 15.2. The largest absolute Gasteiger partial charge is 0.480 e. The number of unbranched alkanes of at least 4 members (excludes halogenated alkanes) is 2. The molecule has 1 aliphatic rings. The van der Waals surface area contributed by atoms with Gasteiger partial charge in [-0.25, -0.2) is 13.2 Å². The normalized spacial score (nSPS) is 18.7. The zero-order valence-electron chi connectivity index (χ0n) is 25.9. The highest BCUT2D eigenvalue weighted by Crippen LogP contribution is 2.46. The molecule has 2 aromatic carbocycles. The minimum Gasteiger partial charge on any atom is -0.480 e. The van der Waals surface area contributed by atoms with E-state index in [1.54, 1.807) is 57.3 Å². The number of amides is 1. The molecule has 0 radical (unpaired) electrons. The van der Waals surface area contributed by atoms with Gasteiger partial charge >= 0.3 is 5.97 Å². The molecule has 240 valence electrons. The van der Waals surface area contributed by atoms with Gasteiger partial charge in [-0.15, -0.1) is 11.8 Å². The van der Waals surface area contributed by atoms with Gasteiger partial charge in [0.05, 0.1) is 10.3 Å². The van der Waals surface area contributed by atoms with Crippen molar-refractivity contribution in [3.8, 4) is 0 Å². The average molecular weight is 652 g/mol. The Morgan fingerprint density at radius 3 is 2.27 bits per heavy atom. The Bertz CT molecular complexity index is 1560. The zero-order valence-corrected chi connectivity index (χ0v) is 27.5. The lowest BCUT2D eigenvalue weighted by molar-refractivity contribution is -0.142. The minimum absolute atomic E-state index is 0.00680. The van der Waals surface area contributed by atoms with Crippen LogP contribution in [0.25, 0.3) is 0 Å². The number of pyridine rings is 1. The summed E-state index contributed by atoms with van der Waals surface area (Å²) in [4.78, 5) is 42.8. The molecule has 1 saturated heterocycles. The molecule has 0 bridgehead atoms. The first-order chi connectivity index (χ1) is 21.4. The van der Waals surface area contributed by atoms with Crippen molar-refractivity contribution in [1.82, 2.24) is 14.6 Å². The molecule has 11 heteroatoms. The summed E-state index contributed by atoms with van der Waals surface area (Å²) < 4.78 is 27.6. The number of aryl methyl sites for hydroxylation is 1. The van der Waals surface area contributed by atoms with Crippen LogP contribution in [0.3, 0.4) is 0 Å². The molecular formula is C34H41N3O6S2. The van der Waals surface area contributed by atoms with Crippen LogP contribution < -0.4 is 5.32 Å². The Hall–Kier alpha value is -3.54. The predicted octanol–water partition coefficient (Wildman–Crippen LogP) is 5.04. The first kappa shape index (κ1) is 34.3. The van der Waals surface area contributed by atoms with Gasteiger partial charge in [0.15, 0.2) is 0 Å². The third kappa shape index (κ3) is 9.02. The van der Waals surface area contributed by atoms with Gasteiger partial charge in [-0.05, 0) is 75.4 Å². The number of benzene rings is 2. The molecule has 2 N–H and O–H groups in total. The van der Waals surface area contributed by atoms with Gasteiger partial charge in [-0.3, -0.25) is 14.6 Å². The van der Waals surface area contributed by atoms with E-state index in [0.29, 0.717) is 18.4 Å². The molecule has 3 aromatic rings. The molecule has 1 fully saturated rings. The molecule has 4 rings (SSSR count). The number of hydrogen-bond acceptors (Lipinski definition) is 7. The molecule has 45 heavy (non-hydrogen) atoms. The molecule has 2 unspecified atom stereocenters. The van der Waals surface area contributed by atoms with Crippen molar-refractivity contribution in [3.05, 3.63) is 95.8 Å². The van der Waals surface area contributed by atoms with E-state index < -0.39 is 44.1 Å². The maximum Gasteiger partial charge on any atom is 0.326 e. The van der Waals surface area contributed by atoms with E-state index >= 15 is 0 Å². The monoisotopic (exact) mass is 651 g/mol. The van der Waals surface area contributed by atoms with Gasteiger partial charge < -0.3 is 10.4 Å². The molecule has 1 aliphatic heterocycles. The lowest BCUT2D eigenvalue weighted by Gasteiger charge is -2.31. The van der Waals surface area contributed by atoms with Gasteiger partial charge in [0, 0.05) is 35.9 Å². The fraction of sp³-hybridized carbons (Fsp3) is 0.412. The second-order valence-electron chi connectivity index (χ2n) is 11.9. The zero-order chi connectivity index (χ0) is 32.6. The minimum atomic E-state index is -4.03. The summed E-state index contributed by atoms with van der Waals surface area (Å²) in [6.07, 6.45) is 6.26. The summed E-state index contributed by atoms with van der Waals surface area (Å²) >= 11 is 1.35. The van der Waals surface area contributed by atoms with Crippen molar-refractivity contribution >= 4 is 39.4 Å². The van der Waals surface area contributed by atoms with Crippen molar-refractivity contribution in [2.45, 2.75) is 92.8 Å². The molecule has 3 atom stereocenters. The number of nitrogens with zero attached hydrogens (tertiary/aromatic N) is 2. The summed E-state index contributed by atoms with van der Waals surface area (Å²) in [5, 5.41) is 12.0. The Kier molecular flexibility index (Phi) is 11.6. The van der Waals surface area contributed by atoms with Crippen LogP contribution >= 0.6 is 11.8 Å². The Morgan fingerprint density at radius 1 is 0.956 bits per heavy atom. The number of hydrogen-bond donors (Lipinski definition) is 2. The third-order valence-electron chi connectivity index (χ3n) is 7.91. The lowest BCUT2D eigenvalue weighted by Crippen LogP contribution is -2.57. The molecule has 9 nitrogen and oxygen atoms in total. The third-order valence-corrected chi connectivity index (χ3v) is 11.4. The van der Waals surface area contributed by atoms with E-state index in [9.17, 15) is 27.9 Å². The summed E-state index contributed by atoms with van der Waals surface area (Å²) in [6, 6.07) is 18.5. The van der Waals surface area contributed by atoms with Gasteiger partial charge in [0.25, 0.3) is 0 Å². The van der Waals surface area contributed by atoms with Crippen LogP contribution in [0.15, 0.2) is 83.9 Å². The van der Waals surface area contributed by atoms with Crippen LogP contribution in [0, 0.1) is 0 Å². The molecular weight excluding hydrogens is 611 g/mol. The number of aromatic nitrogens is 1. The van der Waals surface area contributed by atoms with Crippen LogP contribution in [-0.4, -0.2) is 62.7 Å². The number of thioether (sulfide) groups is 1. The molecule has 1 aromatic heterocycles. The number of sulfonamides is 1. The lowest BCUT2D eigenvalue weighted by atomic mass is 9.99. The number of carbonyl (C=O) groups excluding carboxylic acids is 2. The van der Waals surface area contributed by atoms with Crippen molar-refractivity contribution < 1.29 is 27.9 Å². The van der Waals surface area contributed by atoms with Crippen molar-refractivity contribution in [3.63, 3.8) is 0 Å². The smallest absolute Gasteiger partial charge is 0.326 e. The Labute approximate surface area is 269 Å². The van der Waals surface area contributed by atoms with Crippen molar-refractivity contribution in [2.24, 2.45) is 0 Å². The SMILES string of the molecule is CC1SC(C)(C)[C@@H](C(=O)NC(Cc2ccc(CC(=O)CCCCCc3ccccn3)cc2)C(=O)O)N1S(=O)(=O)c1ccccc1.